The van der Waals surface area contributed by atoms with E-state index in [2.05, 4.69) is 52.2 Å². The number of aliphatic hydroxyl groups is 1. The SMILES string of the molecule is CC(C)[N+](C)(C)CC(O)OCc1cccc2ccccc12.[Cl-]. The average molecular weight is 324 g/mol. The maximum atomic E-state index is 10.1. The zero-order valence-electron chi connectivity index (χ0n) is 13.8. The molecule has 3 nitrogen and oxygen atoms in total. The van der Waals surface area contributed by atoms with E-state index in [-0.39, 0.29) is 12.4 Å². The molecule has 0 saturated heterocycles. The largest absolute Gasteiger partial charge is 1.00 e. The summed E-state index contributed by atoms with van der Waals surface area (Å²) in [7, 11) is 4.21. The highest BCUT2D eigenvalue weighted by molar-refractivity contribution is 5.85. The molecule has 4 heteroatoms. The van der Waals surface area contributed by atoms with Crippen LogP contribution in [0.5, 0.6) is 0 Å². The Labute approximate surface area is 139 Å². The number of fused-ring (bicyclic) bond motifs is 1. The Balaban J connectivity index is 0.00000242. The van der Waals surface area contributed by atoms with Gasteiger partial charge in [-0.3, -0.25) is 0 Å². The molecule has 1 unspecified atom stereocenters. The van der Waals surface area contributed by atoms with Gasteiger partial charge < -0.3 is 26.7 Å². The van der Waals surface area contributed by atoms with Crippen LogP contribution in [0.2, 0.25) is 0 Å². The van der Waals surface area contributed by atoms with Gasteiger partial charge in [0.15, 0.2) is 0 Å². The van der Waals surface area contributed by atoms with E-state index in [4.69, 9.17) is 4.74 Å². The van der Waals surface area contributed by atoms with E-state index < -0.39 is 6.29 Å². The van der Waals surface area contributed by atoms with E-state index in [1.54, 1.807) is 0 Å². The smallest absolute Gasteiger partial charge is 0.205 e. The molecule has 0 heterocycles. The Morgan fingerprint density at radius 1 is 1.05 bits per heavy atom. The van der Waals surface area contributed by atoms with Crippen molar-refractivity contribution in [3.05, 3.63) is 48.0 Å². The molecule has 0 spiro atoms. The minimum Gasteiger partial charge on any atom is -1.00 e. The monoisotopic (exact) mass is 323 g/mol. The highest BCUT2D eigenvalue weighted by Crippen LogP contribution is 2.19. The fourth-order valence-corrected chi connectivity index (χ4v) is 2.27. The first-order valence-electron chi connectivity index (χ1n) is 7.49. The Morgan fingerprint density at radius 3 is 2.36 bits per heavy atom. The molecule has 0 saturated carbocycles. The number of nitrogens with zero attached hydrogens (tertiary/aromatic N) is 1. The highest BCUT2D eigenvalue weighted by atomic mass is 35.5. The second-order valence-electron chi connectivity index (χ2n) is 6.46. The lowest BCUT2D eigenvalue weighted by Gasteiger charge is -2.35. The summed E-state index contributed by atoms with van der Waals surface area (Å²) in [6.45, 7) is 5.32. The van der Waals surface area contributed by atoms with Crippen molar-refractivity contribution in [2.24, 2.45) is 0 Å². The maximum absolute atomic E-state index is 10.1. The van der Waals surface area contributed by atoms with Gasteiger partial charge in [-0.05, 0) is 30.2 Å². The number of likely N-dealkylation sites (N-methyl/N-ethyl adjacent to an activating group) is 1. The molecular weight excluding hydrogens is 298 g/mol. The molecule has 0 fully saturated rings. The van der Waals surface area contributed by atoms with Crippen molar-refractivity contribution in [1.82, 2.24) is 0 Å². The summed E-state index contributed by atoms with van der Waals surface area (Å²) in [5.41, 5.74) is 1.11. The van der Waals surface area contributed by atoms with Gasteiger partial charge >= 0.3 is 0 Å². The fraction of sp³-hybridized carbons (Fsp3) is 0.444. The third kappa shape index (κ3) is 4.68. The summed E-state index contributed by atoms with van der Waals surface area (Å²) in [5, 5.41) is 12.5. The molecule has 1 atom stereocenters. The van der Waals surface area contributed by atoms with Crippen LogP contribution in [-0.2, 0) is 11.3 Å². The van der Waals surface area contributed by atoms with Crippen molar-refractivity contribution < 1.29 is 26.7 Å². The van der Waals surface area contributed by atoms with Crippen LogP contribution in [0, 0.1) is 0 Å². The number of hydrogen-bond acceptors (Lipinski definition) is 2. The predicted molar refractivity (Wildman–Crippen MR) is 86.9 cm³/mol. The third-order valence-corrected chi connectivity index (χ3v) is 4.34. The summed E-state index contributed by atoms with van der Waals surface area (Å²) in [6, 6.07) is 14.9. The molecule has 0 aromatic heterocycles. The standard InChI is InChI=1S/C18H26NO2.ClH/c1-14(2)19(3,4)12-18(20)21-13-16-10-7-9-15-8-5-6-11-17(15)16;/h5-11,14,18,20H,12-13H2,1-4H3;1H/q+1;/p-1. The lowest BCUT2D eigenvalue weighted by Crippen LogP contribution is -3.00. The second kappa shape index (κ2) is 7.93. The van der Waals surface area contributed by atoms with Crippen LogP contribution in [0.15, 0.2) is 42.5 Å². The van der Waals surface area contributed by atoms with Crippen LogP contribution in [0.25, 0.3) is 10.8 Å². The van der Waals surface area contributed by atoms with E-state index in [0.717, 1.165) is 10.0 Å². The lowest BCUT2D eigenvalue weighted by molar-refractivity contribution is -0.916. The van der Waals surface area contributed by atoms with Crippen LogP contribution in [0.1, 0.15) is 19.4 Å². The average Bonchev–Trinajstić information content (AvgIpc) is 2.44. The summed E-state index contributed by atoms with van der Waals surface area (Å²) in [5.74, 6) is 0. The topological polar surface area (TPSA) is 29.5 Å². The minimum atomic E-state index is -0.749. The van der Waals surface area contributed by atoms with Gasteiger partial charge in [0, 0.05) is 0 Å². The molecule has 2 aromatic carbocycles. The van der Waals surface area contributed by atoms with E-state index >= 15 is 0 Å². The normalized spacial score (nSPS) is 13.2. The molecule has 122 valence electrons. The summed E-state index contributed by atoms with van der Waals surface area (Å²) < 4.78 is 6.39. The van der Waals surface area contributed by atoms with E-state index in [9.17, 15) is 5.11 Å². The van der Waals surface area contributed by atoms with Crippen molar-refractivity contribution in [3.8, 4) is 0 Å². The molecule has 1 N–H and O–H groups in total. The molecule has 0 aliphatic heterocycles. The Morgan fingerprint density at radius 2 is 1.68 bits per heavy atom. The van der Waals surface area contributed by atoms with Gasteiger partial charge in [-0.2, -0.15) is 0 Å². The lowest BCUT2D eigenvalue weighted by atomic mass is 10.1. The molecule has 0 amide bonds. The second-order valence-corrected chi connectivity index (χ2v) is 6.46. The van der Waals surface area contributed by atoms with Crippen LogP contribution < -0.4 is 12.4 Å². The number of benzene rings is 2. The summed E-state index contributed by atoms with van der Waals surface area (Å²) in [4.78, 5) is 0. The molecule has 2 rings (SSSR count). The molecule has 22 heavy (non-hydrogen) atoms. The van der Waals surface area contributed by atoms with Crippen molar-refractivity contribution in [2.75, 3.05) is 20.6 Å². The Bertz CT molecular complexity index is 593. The van der Waals surface area contributed by atoms with Gasteiger partial charge in [0.1, 0.15) is 6.54 Å². The first-order valence-corrected chi connectivity index (χ1v) is 7.49. The van der Waals surface area contributed by atoms with Crippen LogP contribution >= 0.6 is 0 Å². The molecule has 0 radical (unpaired) electrons. The molecular formula is C18H26ClNO2. The maximum Gasteiger partial charge on any atom is 0.205 e. The van der Waals surface area contributed by atoms with Gasteiger partial charge in [-0.15, -0.1) is 0 Å². The number of aliphatic hydroxyl groups excluding tert-OH is 1. The first-order chi connectivity index (χ1) is 9.90. The minimum absolute atomic E-state index is 0. The third-order valence-electron chi connectivity index (χ3n) is 4.34. The van der Waals surface area contributed by atoms with Crippen LogP contribution in [-0.4, -0.2) is 42.6 Å². The predicted octanol–water partition coefficient (Wildman–Crippen LogP) is 0.164. The van der Waals surface area contributed by atoms with Crippen molar-refractivity contribution in [1.29, 1.82) is 0 Å². The van der Waals surface area contributed by atoms with Crippen molar-refractivity contribution in [2.45, 2.75) is 32.8 Å². The fourth-order valence-electron chi connectivity index (χ4n) is 2.27. The van der Waals surface area contributed by atoms with E-state index in [1.165, 1.54) is 10.8 Å². The number of hydrogen-bond donors (Lipinski definition) is 1. The van der Waals surface area contributed by atoms with E-state index in [1.807, 2.05) is 18.2 Å². The number of ether oxygens (including phenoxy) is 1. The van der Waals surface area contributed by atoms with Crippen molar-refractivity contribution in [3.63, 3.8) is 0 Å². The number of rotatable bonds is 6. The summed E-state index contributed by atoms with van der Waals surface area (Å²) in [6.07, 6.45) is -0.749. The molecule has 0 bridgehead atoms. The van der Waals surface area contributed by atoms with Crippen LogP contribution in [0.3, 0.4) is 0 Å². The molecule has 0 aliphatic rings. The first kappa shape index (κ1) is 18.9. The Kier molecular flexibility index (Phi) is 6.82. The quantitative estimate of drug-likeness (QED) is 0.606. The Hall–Kier alpha value is -1.13. The molecule has 2 aromatic rings. The van der Waals surface area contributed by atoms with Gasteiger partial charge in [0.05, 0.1) is 26.7 Å². The summed E-state index contributed by atoms with van der Waals surface area (Å²) >= 11 is 0. The highest BCUT2D eigenvalue weighted by Gasteiger charge is 2.24. The van der Waals surface area contributed by atoms with Crippen molar-refractivity contribution >= 4 is 10.8 Å². The number of halogens is 1. The zero-order valence-corrected chi connectivity index (χ0v) is 14.5. The van der Waals surface area contributed by atoms with Gasteiger partial charge in [0.2, 0.25) is 6.29 Å². The van der Waals surface area contributed by atoms with E-state index in [0.29, 0.717) is 19.2 Å². The number of quaternary nitrogens is 1. The van der Waals surface area contributed by atoms with Gasteiger partial charge in [0.25, 0.3) is 0 Å². The zero-order chi connectivity index (χ0) is 15.5. The van der Waals surface area contributed by atoms with Crippen LogP contribution in [0.4, 0.5) is 0 Å². The van der Waals surface area contributed by atoms with Gasteiger partial charge in [-0.1, -0.05) is 42.5 Å². The molecule has 0 aliphatic carbocycles. The van der Waals surface area contributed by atoms with Gasteiger partial charge in [-0.25, -0.2) is 0 Å².